The molecule has 0 unspecified atom stereocenters. The van der Waals surface area contributed by atoms with Gasteiger partial charge < -0.3 is 19.3 Å². The number of carbonyl (C=O) groups is 1. The second kappa shape index (κ2) is 8.91. The number of aromatic nitrogens is 2. The number of benzene rings is 2. The van der Waals surface area contributed by atoms with Gasteiger partial charge in [-0.05, 0) is 35.9 Å². The van der Waals surface area contributed by atoms with Crippen LogP contribution in [-0.4, -0.2) is 23.2 Å². The highest BCUT2D eigenvalue weighted by molar-refractivity contribution is 5.93. The van der Waals surface area contributed by atoms with Crippen molar-refractivity contribution < 1.29 is 18.8 Å². The lowest BCUT2D eigenvalue weighted by Crippen LogP contribution is -2.23. The summed E-state index contributed by atoms with van der Waals surface area (Å²) in [6.07, 6.45) is 1.63. The first-order valence-corrected chi connectivity index (χ1v) is 9.29. The minimum absolute atomic E-state index is 0.186. The van der Waals surface area contributed by atoms with Crippen LogP contribution in [0.15, 0.2) is 83.5 Å². The quantitative estimate of drug-likeness (QED) is 0.492. The Labute approximate surface area is 173 Å². The molecule has 0 fully saturated rings. The van der Waals surface area contributed by atoms with Crippen LogP contribution in [0.5, 0.6) is 17.4 Å². The summed E-state index contributed by atoms with van der Waals surface area (Å²) in [5.41, 5.74) is 1.76. The number of pyridine rings is 1. The maximum Gasteiger partial charge on any atom is 0.273 e. The maximum absolute atomic E-state index is 12.5. The van der Waals surface area contributed by atoms with Crippen LogP contribution >= 0.6 is 0 Å². The molecule has 0 bridgehead atoms. The van der Waals surface area contributed by atoms with E-state index in [2.05, 4.69) is 15.5 Å². The van der Waals surface area contributed by atoms with Crippen molar-refractivity contribution in [2.75, 3.05) is 7.11 Å². The van der Waals surface area contributed by atoms with Crippen LogP contribution < -0.4 is 14.8 Å². The van der Waals surface area contributed by atoms with Gasteiger partial charge in [-0.1, -0.05) is 35.5 Å². The number of ether oxygens (including phenoxy) is 2. The van der Waals surface area contributed by atoms with Crippen LogP contribution in [0.1, 0.15) is 16.1 Å². The first-order valence-electron chi connectivity index (χ1n) is 9.29. The number of carbonyl (C=O) groups excluding carboxylic acids is 1. The van der Waals surface area contributed by atoms with Gasteiger partial charge in [0.05, 0.1) is 12.7 Å². The number of nitrogens with one attached hydrogen (secondary N) is 1. The Morgan fingerprint density at radius 3 is 2.67 bits per heavy atom. The highest BCUT2D eigenvalue weighted by Gasteiger charge is 2.16. The third-order valence-corrected chi connectivity index (χ3v) is 4.33. The minimum Gasteiger partial charge on any atom is -0.496 e. The lowest BCUT2D eigenvalue weighted by atomic mass is 10.1. The van der Waals surface area contributed by atoms with Crippen molar-refractivity contribution in [1.29, 1.82) is 0 Å². The van der Waals surface area contributed by atoms with Gasteiger partial charge in [0, 0.05) is 24.9 Å². The van der Waals surface area contributed by atoms with Crippen LogP contribution in [-0.2, 0) is 6.54 Å². The Kier molecular flexibility index (Phi) is 5.70. The second-order valence-corrected chi connectivity index (χ2v) is 6.38. The van der Waals surface area contributed by atoms with Crippen LogP contribution in [0.25, 0.3) is 11.3 Å². The zero-order valence-corrected chi connectivity index (χ0v) is 16.2. The lowest BCUT2D eigenvalue weighted by molar-refractivity contribution is 0.0942. The summed E-state index contributed by atoms with van der Waals surface area (Å²) in [6, 6.07) is 21.9. The van der Waals surface area contributed by atoms with Gasteiger partial charge in [0.25, 0.3) is 5.91 Å². The van der Waals surface area contributed by atoms with E-state index in [-0.39, 0.29) is 11.6 Å². The summed E-state index contributed by atoms with van der Waals surface area (Å²) >= 11 is 0. The van der Waals surface area contributed by atoms with Gasteiger partial charge in [0.2, 0.25) is 5.88 Å². The predicted molar refractivity (Wildman–Crippen MR) is 110 cm³/mol. The van der Waals surface area contributed by atoms with Crippen molar-refractivity contribution in [2.45, 2.75) is 6.54 Å². The monoisotopic (exact) mass is 401 g/mol. The van der Waals surface area contributed by atoms with Crippen molar-refractivity contribution in [3.05, 3.63) is 90.3 Å². The van der Waals surface area contributed by atoms with E-state index in [1.54, 1.807) is 31.5 Å². The molecule has 1 N–H and O–H groups in total. The zero-order chi connectivity index (χ0) is 20.8. The molecule has 2 heterocycles. The fourth-order valence-corrected chi connectivity index (χ4v) is 2.86. The van der Waals surface area contributed by atoms with Gasteiger partial charge in [-0.2, -0.15) is 0 Å². The van der Waals surface area contributed by atoms with E-state index in [0.29, 0.717) is 29.7 Å². The molecule has 4 rings (SSSR count). The third kappa shape index (κ3) is 4.47. The van der Waals surface area contributed by atoms with E-state index in [9.17, 15) is 4.79 Å². The third-order valence-electron chi connectivity index (χ3n) is 4.33. The zero-order valence-electron chi connectivity index (χ0n) is 16.2. The predicted octanol–water partition coefficient (Wildman–Crippen LogP) is 4.47. The highest BCUT2D eigenvalue weighted by Crippen LogP contribution is 2.29. The molecule has 1 amide bonds. The molecule has 2 aromatic heterocycles. The molecule has 0 spiro atoms. The molecule has 0 aliphatic rings. The molecule has 0 radical (unpaired) electrons. The number of nitrogens with zero attached hydrogens (tertiary/aromatic N) is 2. The van der Waals surface area contributed by atoms with Gasteiger partial charge in [0.15, 0.2) is 11.5 Å². The fraction of sp³-hybridized carbons (Fsp3) is 0.0870. The van der Waals surface area contributed by atoms with Crippen molar-refractivity contribution in [3.8, 4) is 28.7 Å². The summed E-state index contributed by atoms with van der Waals surface area (Å²) in [5.74, 6) is 1.90. The average molecular weight is 401 g/mol. The molecule has 0 saturated heterocycles. The average Bonchev–Trinajstić information content (AvgIpc) is 3.29. The van der Waals surface area contributed by atoms with Gasteiger partial charge in [-0.3, -0.25) is 4.79 Å². The normalized spacial score (nSPS) is 10.4. The molecular formula is C23H19N3O4. The maximum atomic E-state index is 12.5. The Morgan fingerprint density at radius 1 is 1.03 bits per heavy atom. The van der Waals surface area contributed by atoms with Crippen LogP contribution in [0.4, 0.5) is 0 Å². The van der Waals surface area contributed by atoms with Crippen molar-refractivity contribution in [3.63, 3.8) is 0 Å². The number of rotatable bonds is 7. The van der Waals surface area contributed by atoms with Gasteiger partial charge in [0.1, 0.15) is 11.5 Å². The van der Waals surface area contributed by atoms with Crippen LogP contribution in [0, 0.1) is 0 Å². The largest absolute Gasteiger partial charge is 0.496 e. The number of amides is 1. The standard InChI is InChI=1S/C23H19N3O4/c1-28-20-10-6-5-9-18(20)21-14-19(26-30-21)23(27)25-15-16-11-12-24-22(13-16)29-17-7-3-2-4-8-17/h2-14H,15H2,1H3,(H,25,27). The Balaban J connectivity index is 1.41. The Bertz CT molecular complexity index is 1140. The number of hydrogen-bond donors (Lipinski definition) is 1. The van der Waals surface area contributed by atoms with E-state index in [4.69, 9.17) is 14.0 Å². The van der Waals surface area contributed by atoms with Crippen molar-refractivity contribution >= 4 is 5.91 Å². The molecule has 4 aromatic rings. The van der Waals surface area contributed by atoms with Gasteiger partial charge in [-0.15, -0.1) is 0 Å². The molecule has 0 aliphatic carbocycles. The van der Waals surface area contributed by atoms with E-state index >= 15 is 0 Å². The summed E-state index contributed by atoms with van der Waals surface area (Å²) in [4.78, 5) is 16.7. The van der Waals surface area contributed by atoms with E-state index in [1.807, 2.05) is 54.6 Å². The first-order chi connectivity index (χ1) is 14.7. The summed E-state index contributed by atoms with van der Waals surface area (Å²) in [6.45, 7) is 0.295. The summed E-state index contributed by atoms with van der Waals surface area (Å²) in [5, 5.41) is 6.70. The number of hydrogen-bond acceptors (Lipinski definition) is 6. The SMILES string of the molecule is COc1ccccc1-c1cc(C(=O)NCc2ccnc(Oc3ccccc3)c2)no1. The van der Waals surface area contributed by atoms with Gasteiger partial charge in [-0.25, -0.2) is 4.98 Å². The molecule has 0 atom stereocenters. The molecule has 0 aliphatic heterocycles. The number of para-hydroxylation sites is 2. The minimum atomic E-state index is -0.345. The van der Waals surface area contributed by atoms with E-state index < -0.39 is 0 Å². The van der Waals surface area contributed by atoms with Crippen LogP contribution in [0.3, 0.4) is 0 Å². The first kappa shape index (κ1) is 19.2. The molecule has 2 aromatic carbocycles. The lowest BCUT2D eigenvalue weighted by Gasteiger charge is -2.07. The topological polar surface area (TPSA) is 86.5 Å². The highest BCUT2D eigenvalue weighted by atomic mass is 16.5. The number of methoxy groups -OCH3 is 1. The molecular weight excluding hydrogens is 382 g/mol. The Hall–Kier alpha value is -4.13. The van der Waals surface area contributed by atoms with Crippen LogP contribution in [0.2, 0.25) is 0 Å². The molecule has 0 saturated carbocycles. The Morgan fingerprint density at radius 2 is 1.83 bits per heavy atom. The smallest absolute Gasteiger partial charge is 0.273 e. The molecule has 150 valence electrons. The fourth-order valence-electron chi connectivity index (χ4n) is 2.86. The second-order valence-electron chi connectivity index (χ2n) is 6.38. The van der Waals surface area contributed by atoms with E-state index in [0.717, 1.165) is 11.1 Å². The molecule has 30 heavy (non-hydrogen) atoms. The van der Waals surface area contributed by atoms with Crippen molar-refractivity contribution in [1.82, 2.24) is 15.5 Å². The van der Waals surface area contributed by atoms with E-state index in [1.165, 1.54) is 0 Å². The van der Waals surface area contributed by atoms with Crippen molar-refractivity contribution in [2.24, 2.45) is 0 Å². The summed E-state index contributed by atoms with van der Waals surface area (Å²) in [7, 11) is 1.58. The summed E-state index contributed by atoms with van der Waals surface area (Å²) < 4.78 is 16.4. The molecule has 7 nitrogen and oxygen atoms in total. The molecule has 7 heteroatoms. The van der Waals surface area contributed by atoms with Gasteiger partial charge >= 0.3 is 0 Å².